The molecule has 0 aliphatic carbocycles. The van der Waals surface area contributed by atoms with Crippen LogP contribution >= 0.6 is 0 Å². The van der Waals surface area contributed by atoms with Crippen molar-refractivity contribution in [3.05, 3.63) is 89.0 Å². The zero-order valence-electron chi connectivity index (χ0n) is 34.1. The smallest absolute Gasteiger partial charge is 0.335 e. The Morgan fingerprint density at radius 3 is 1.04 bits per heavy atom. The number of hydrogen-bond acceptors (Lipinski definition) is 7. The summed E-state index contributed by atoms with van der Waals surface area (Å²) in [6.45, 7) is 6.88. The monoisotopic (exact) mass is 773 g/mol. The van der Waals surface area contributed by atoms with E-state index in [9.17, 15) is 19.8 Å². The van der Waals surface area contributed by atoms with Crippen LogP contribution in [-0.2, 0) is 4.84 Å². The molecule has 3 rings (SSSR count). The minimum absolute atomic E-state index is 0.164. The maximum absolute atomic E-state index is 11.3. The quantitative estimate of drug-likeness (QED) is 0.0356. The normalized spacial score (nSPS) is 10.9. The fourth-order valence-corrected chi connectivity index (χ4v) is 6.38. The Labute approximate surface area is 335 Å². The van der Waals surface area contributed by atoms with Crippen LogP contribution in [-0.4, -0.2) is 54.3 Å². The number of aromatic carboxylic acids is 2. The molecule has 0 unspecified atom stereocenters. The second-order valence-corrected chi connectivity index (χ2v) is 14.6. The fraction of sp³-hybridized carbons (Fsp3) is 0.553. The second-order valence-electron chi connectivity index (χ2n) is 14.6. The van der Waals surface area contributed by atoms with E-state index in [1.807, 2.05) is 18.2 Å². The van der Waals surface area contributed by atoms with Crippen molar-refractivity contribution in [1.82, 2.24) is 0 Å². The standard InChI is InChI=1S/C47H67NO8/c1-3-5-7-9-11-13-15-19-31-53-42-35-43(54-32-20-16-14-12-10-8-6-4-2)37-44(36-42)55-33-21-17-18-22-34-56-48-45(38-23-27-40(28-24-38)46(49)50)39-25-29-41(30-26-39)47(51)52/h23-30,35-37H,3-22,31-34H2,1-2H3,(H,49,50)(H,51,52). The molecular formula is C47H67NO8. The number of hydrogen-bond donors (Lipinski definition) is 2. The topological polar surface area (TPSA) is 124 Å². The molecule has 0 bridgehead atoms. The highest BCUT2D eigenvalue weighted by atomic mass is 16.6. The lowest BCUT2D eigenvalue weighted by Gasteiger charge is -2.13. The highest BCUT2D eigenvalue weighted by Gasteiger charge is 2.12. The van der Waals surface area contributed by atoms with E-state index in [2.05, 4.69) is 19.0 Å². The SMILES string of the molecule is CCCCCCCCCCOc1cc(OCCCCCCCCCC)cc(OCCCCCCON=C(c2ccc(C(=O)O)cc2)c2ccc(C(=O)O)cc2)c1. The molecule has 0 atom stereocenters. The van der Waals surface area contributed by atoms with Gasteiger partial charge >= 0.3 is 11.9 Å². The minimum Gasteiger partial charge on any atom is -0.493 e. The Bertz CT molecular complexity index is 1440. The van der Waals surface area contributed by atoms with Gasteiger partial charge in [-0.05, 0) is 62.8 Å². The molecule has 0 heterocycles. The minimum atomic E-state index is -1.02. The first-order chi connectivity index (χ1) is 27.4. The number of unbranched alkanes of at least 4 members (excludes halogenated alkanes) is 17. The van der Waals surface area contributed by atoms with Gasteiger partial charge in [0.1, 0.15) is 29.6 Å². The van der Waals surface area contributed by atoms with E-state index >= 15 is 0 Å². The molecule has 0 saturated heterocycles. The van der Waals surface area contributed by atoms with Gasteiger partial charge in [-0.3, -0.25) is 0 Å². The summed E-state index contributed by atoms with van der Waals surface area (Å²) in [7, 11) is 0. The van der Waals surface area contributed by atoms with Crippen LogP contribution in [0.3, 0.4) is 0 Å². The zero-order valence-corrected chi connectivity index (χ0v) is 34.1. The Hall–Kier alpha value is -4.53. The number of oxime groups is 1. The van der Waals surface area contributed by atoms with Crippen LogP contribution in [0, 0.1) is 0 Å². The van der Waals surface area contributed by atoms with Crippen molar-refractivity contribution >= 4 is 17.7 Å². The first-order valence-electron chi connectivity index (χ1n) is 21.3. The van der Waals surface area contributed by atoms with Crippen molar-refractivity contribution in [2.75, 3.05) is 26.4 Å². The second kappa shape index (κ2) is 28.8. The number of carboxylic acids is 2. The van der Waals surface area contributed by atoms with E-state index in [0.717, 1.165) is 55.8 Å². The average molecular weight is 774 g/mol. The largest absolute Gasteiger partial charge is 0.493 e. The Morgan fingerprint density at radius 1 is 0.429 bits per heavy atom. The molecule has 0 saturated carbocycles. The predicted molar refractivity (Wildman–Crippen MR) is 225 cm³/mol. The van der Waals surface area contributed by atoms with Gasteiger partial charge in [0, 0.05) is 29.3 Å². The Balaban J connectivity index is 1.44. The van der Waals surface area contributed by atoms with Crippen LogP contribution in [0.4, 0.5) is 0 Å². The lowest BCUT2D eigenvalue weighted by Crippen LogP contribution is -2.07. The lowest BCUT2D eigenvalue weighted by molar-refractivity contribution is 0.0686. The van der Waals surface area contributed by atoms with E-state index in [0.29, 0.717) is 43.3 Å². The molecular weight excluding hydrogens is 707 g/mol. The summed E-state index contributed by atoms with van der Waals surface area (Å²) in [5.74, 6) is 0.325. The zero-order chi connectivity index (χ0) is 40.1. The van der Waals surface area contributed by atoms with Crippen molar-refractivity contribution in [3.8, 4) is 17.2 Å². The van der Waals surface area contributed by atoms with Gasteiger partial charge in [-0.25, -0.2) is 9.59 Å². The van der Waals surface area contributed by atoms with Crippen LogP contribution < -0.4 is 14.2 Å². The molecule has 0 aromatic heterocycles. The third-order valence-electron chi connectivity index (χ3n) is 9.75. The van der Waals surface area contributed by atoms with Crippen LogP contribution in [0.25, 0.3) is 0 Å². The fourth-order valence-electron chi connectivity index (χ4n) is 6.38. The van der Waals surface area contributed by atoms with Gasteiger partial charge < -0.3 is 29.3 Å². The van der Waals surface area contributed by atoms with E-state index in [4.69, 9.17) is 19.0 Å². The number of carbonyl (C=O) groups is 2. The summed E-state index contributed by atoms with van der Waals surface area (Å²) in [5, 5.41) is 23.0. The predicted octanol–water partition coefficient (Wildman–Crippen LogP) is 12.5. The third-order valence-corrected chi connectivity index (χ3v) is 9.75. The summed E-state index contributed by atoms with van der Waals surface area (Å²) in [4.78, 5) is 28.4. The summed E-state index contributed by atoms with van der Waals surface area (Å²) in [6, 6.07) is 18.6. The Kier molecular flexibility index (Phi) is 23.6. The number of nitrogens with zero attached hydrogens (tertiary/aromatic N) is 1. The molecule has 0 aliphatic heterocycles. The molecule has 56 heavy (non-hydrogen) atoms. The summed E-state index contributed by atoms with van der Waals surface area (Å²) >= 11 is 0. The van der Waals surface area contributed by atoms with Gasteiger partial charge in [0.05, 0.1) is 30.9 Å². The molecule has 9 heteroatoms. The molecule has 0 fully saturated rings. The molecule has 9 nitrogen and oxygen atoms in total. The summed E-state index contributed by atoms with van der Waals surface area (Å²) in [6.07, 6.45) is 23.8. The Morgan fingerprint density at radius 2 is 0.714 bits per heavy atom. The van der Waals surface area contributed by atoms with Gasteiger partial charge in [0.15, 0.2) is 0 Å². The number of rotatable bonds is 33. The first-order valence-corrected chi connectivity index (χ1v) is 21.3. The van der Waals surface area contributed by atoms with Crippen LogP contribution in [0.1, 0.15) is 174 Å². The average Bonchev–Trinajstić information content (AvgIpc) is 3.20. The van der Waals surface area contributed by atoms with Crippen molar-refractivity contribution in [2.24, 2.45) is 5.16 Å². The van der Waals surface area contributed by atoms with E-state index in [1.165, 1.54) is 114 Å². The van der Waals surface area contributed by atoms with Gasteiger partial charge in [0.25, 0.3) is 0 Å². The summed E-state index contributed by atoms with van der Waals surface area (Å²) in [5.41, 5.74) is 2.16. The van der Waals surface area contributed by atoms with Crippen LogP contribution in [0.15, 0.2) is 71.9 Å². The molecule has 0 aliphatic rings. The number of ether oxygens (including phenoxy) is 3. The molecule has 308 valence electrons. The molecule has 0 amide bonds. The molecule has 3 aromatic rings. The number of carboxylic acid groups (broad SMARTS) is 2. The van der Waals surface area contributed by atoms with Gasteiger partial charge in [-0.2, -0.15) is 0 Å². The maximum atomic E-state index is 11.3. The van der Waals surface area contributed by atoms with Gasteiger partial charge in [-0.1, -0.05) is 133 Å². The molecule has 0 radical (unpaired) electrons. The van der Waals surface area contributed by atoms with Crippen molar-refractivity contribution < 1.29 is 38.9 Å². The van der Waals surface area contributed by atoms with Crippen molar-refractivity contribution in [2.45, 2.75) is 142 Å². The maximum Gasteiger partial charge on any atom is 0.335 e. The number of benzene rings is 3. The van der Waals surface area contributed by atoms with E-state index in [1.54, 1.807) is 24.3 Å². The first kappa shape index (κ1) is 45.9. The van der Waals surface area contributed by atoms with Crippen LogP contribution in [0.2, 0.25) is 0 Å². The van der Waals surface area contributed by atoms with E-state index < -0.39 is 11.9 Å². The lowest BCUT2D eigenvalue weighted by atomic mass is 10.00. The highest BCUT2D eigenvalue weighted by Crippen LogP contribution is 2.29. The van der Waals surface area contributed by atoms with Gasteiger partial charge in [0.2, 0.25) is 0 Å². The van der Waals surface area contributed by atoms with E-state index in [-0.39, 0.29) is 11.1 Å². The van der Waals surface area contributed by atoms with Crippen molar-refractivity contribution in [3.63, 3.8) is 0 Å². The van der Waals surface area contributed by atoms with Crippen LogP contribution in [0.5, 0.6) is 17.2 Å². The van der Waals surface area contributed by atoms with Gasteiger partial charge in [-0.15, -0.1) is 0 Å². The molecule has 0 spiro atoms. The van der Waals surface area contributed by atoms with Crippen molar-refractivity contribution in [1.29, 1.82) is 0 Å². The molecule has 3 aromatic carbocycles. The molecule has 2 N–H and O–H groups in total. The summed E-state index contributed by atoms with van der Waals surface area (Å²) < 4.78 is 18.5. The third kappa shape index (κ3) is 19.4. The highest BCUT2D eigenvalue weighted by molar-refractivity contribution is 6.13.